The lowest BCUT2D eigenvalue weighted by atomic mass is 10.3. The first-order valence-electron chi connectivity index (χ1n) is 7.23. The summed E-state index contributed by atoms with van der Waals surface area (Å²) in [5.74, 6) is 0.738. The molecule has 2 heterocycles. The molecule has 1 aromatic heterocycles. The van der Waals surface area contributed by atoms with Gasteiger partial charge in [0.2, 0.25) is 5.91 Å². The van der Waals surface area contributed by atoms with Crippen LogP contribution in [0.25, 0.3) is 0 Å². The number of benzene rings is 1. The Labute approximate surface area is 132 Å². The minimum atomic E-state index is -0.880. The SMILES string of the molecule is O=C(Cc1csc(COc2ccccc2)n1)N1CCC(F)C1. The summed E-state index contributed by atoms with van der Waals surface area (Å²) in [7, 11) is 0. The van der Waals surface area contributed by atoms with Crippen LogP contribution in [0.5, 0.6) is 5.75 Å². The predicted octanol–water partition coefficient (Wildman–Crippen LogP) is 2.84. The maximum atomic E-state index is 13.1. The largest absolute Gasteiger partial charge is 0.486 e. The summed E-state index contributed by atoms with van der Waals surface area (Å²) in [4.78, 5) is 18.0. The van der Waals surface area contributed by atoms with E-state index in [0.29, 0.717) is 19.6 Å². The number of hydrogen-bond acceptors (Lipinski definition) is 4. The van der Waals surface area contributed by atoms with Gasteiger partial charge in [0.05, 0.1) is 18.7 Å². The van der Waals surface area contributed by atoms with Crippen molar-refractivity contribution in [3.05, 3.63) is 46.4 Å². The minimum absolute atomic E-state index is 0.0547. The molecule has 6 heteroatoms. The zero-order chi connectivity index (χ0) is 15.4. The molecule has 1 atom stereocenters. The Morgan fingerprint density at radius 1 is 1.41 bits per heavy atom. The highest BCUT2D eigenvalue weighted by molar-refractivity contribution is 7.09. The number of likely N-dealkylation sites (tertiary alicyclic amines) is 1. The Morgan fingerprint density at radius 3 is 2.95 bits per heavy atom. The minimum Gasteiger partial charge on any atom is -0.486 e. The number of hydrogen-bond donors (Lipinski definition) is 0. The molecule has 1 aromatic carbocycles. The van der Waals surface area contributed by atoms with Gasteiger partial charge in [-0.05, 0) is 18.6 Å². The van der Waals surface area contributed by atoms with E-state index >= 15 is 0 Å². The molecule has 1 aliphatic heterocycles. The molecule has 1 saturated heterocycles. The summed E-state index contributed by atoms with van der Waals surface area (Å²) in [6.07, 6.45) is -0.206. The van der Waals surface area contributed by atoms with Crippen LogP contribution in [-0.4, -0.2) is 35.1 Å². The van der Waals surface area contributed by atoms with Crippen LogP contribution in [0.1, 0.15) is 17.1 Å². The van der Waals surface area contributed by atoms with Gasteiger partial charge in [0.1, 0.15) is 23.5 Å². The number of rotatable bonds is 5. The van der Waals surface area contributed by atoms with Gasteiger partial charge in [0, 0.05) is 11.9 Å². The second-order valence-electron chi connectivity index (χ2n) is 5.24. The van der Waals surface area contributed by atoms with E-state index in [2.05, 4.69) is 4.98 Å². The van der Waals surface area contributed by atoms with E-state index in [4.69, 9.17) is 4.74 Å². The molecule has 116 valence electrons. The summed E-state index contributed by atoms with van der Waals surface area (Å²) in [5, 5.41) is 2.70. The first-order chi connectivity index (χ1) is 10.7. The van der Waals surface area contributed by atoms with Crippen molar-refractivity contribution in [1.29, 1.82) is 0 Å². The van der Waals surface area contributed by atoms with E-state index < -0.39 is 6.17 Å². The number of aromatic nitrogens is 1. The Balaban J connectivity index is 1.51. The summed E-state index contributed by atoms with van der Waals surface area (Å²) >= 11 is 1.47. The average molecular weight is 320 g/mol. The first-order valence-corrected chi connectivity index (χ1v) is 8.11. The summed E-state index contributed by atoms with van der Waals surface area (Å²) in [6.45, 7) is 1.11. The molecule has 0 saturated carbocycles. The number of amides is 1. The van der Waals surface area contributed by atoms with Gasteiger partial charge in [-0.15, -0.1) is 11.3 Å². The van der Waals surface area contributed by atoms with Crippen LogP contribution in [0.2, 0.25) is 0 Å². The van der Waals surface area contributed by atoms with Gasteiger partial charge in [0.25, 0.3) is 0 Å². The Hall–Kier alpha value is -1.95. The zero-order valence-corrected chi connectivity index (χ0v) is 12.9. The molecule has 4 nitrogen and oxygen atoms in total. The van der Waals surface area contributed by atoms with Crippen molar-refractivity contribution in [2.24, 2.45) is 0 Å². The Morgan fingerprint density at radius 2 is 2.23 bits per heavy atom. The molecule has 0 spiro atoms. The molecule has 0 N–H and O–H groups in total. The molecule has 1 fully saturated rings. The van der Waals surface area contributed by atoms with Gasteiger partial charge < -0.3 is 9.64 Å². The quantitative estimate of drug-likeness (QED) is 0.851. The Bertz CT molecular complexity index is 632. The number of para-hydroxylation sites is 1. The number of carbonyl (C=O) groups excluding carboxylic acids is 1. The van der Waals surface area contributed by atoms with Crippen molar-refractivity contribution in [3.8, 4) is 5.75 Å². The molecule has 2 aromatic rings. The third-order valence-electron chi connectivity index (χ3n) is 3.52. The van der Waals surface area contributed by atoms with Gasteiger partial charge in [0.15, 0.2) is 0 Å². The summed E-state index contributed by atoms with van der Waals surface area (Å²) in [5.41, 5.74) is 0.726. The van der Waals surface area contributed by atoms with Crippen molar-refractivity contribution in [2.75, 3.05) is 13.1 Å². The molecule has 1 unspecified atom stereocenters. The van der Waals surface area contributed by atoms with Crippen molar-refractivity contribution in [1.82, 2.24) is 9.88 Å². The summed E-state index contributed by atoms with van der Waals surface area (Å²) < 4.78 is 18.7. The smallest absolute Gasteiger partial charge is 0.228 e. The molecule has 0 radical (unpaired) electrons. The molecule has 1 amide bonds. The molecular formula is C16H17FN2O2S. The van der Waals surface area contributed by atoms with E-state index in [1.165, 1.54) is 11.3 Å². The van der Waals surface area contributed by atoms with E-state index in [-0.39, 0.29) is 18.9 Å². The van der Waals surface area contributed by atoms with Gasteiger partial charge in [-0.3, -0.25) is 4.79 Å². The third-order valence-corrected chi connectivity index (χ3v) is 4.39. The number of ether oxygens (including phenoxy) is 1. The molecule has 22 heavy (non-hydrogen) atoms. The van der Waals surface area contributed by atoms with Crippen LogP contribution in [0, 0.1) is 0 Å². The monoisotopic (exact) mass is 320 g/mol. The third kappa shape index (κ3) is 3.82. The predicted molar refractivity (Wildman–Crippen MR) is 82.7 cm³/mol. The summed E-state index contributed by atoms with van der Waals surface area (Å²) in [6, 6.07) is 9.53. The van der Waals surface area contributed by atoms with Crippen molar-refractivity contribution >= 4 is 17.2 Å². The van der Waals surface area contributed by atoms with Crippen LogP contribution < -0.4 is 4.74 Å². The normalized spacial score (nSPS) is 17.7. The number of carbonyl (C=O) groups is 1. The standard InChI is InChI=1S/C16H17FN2O2S/c17-12-6-7-19(9-12)16(20)8-13-11-22-15(18-13)10-21-14-4-2-1-3-5-14/h1-5,11-12H,6-10H2. The maximum Gasteiger partial charge on any atom is 0.228 e. The van der Waals surface area contributed by atoms with Crippen molar-refractivity contribution < 1.29 is 13.9 Å². The van der Waals surface area contributed by atoms with E-state index in [1.54, 1.807) is 4.90 Å². The highest BCUT2D eigenvalue weighted by atomic mass is 32.1. The Kier molecular flexibility index (Phi) is 4.68. The van der Waals surface area contributed by atoms with Crippen LogP contribution >= 0.6 is 11.3 Å². The van der Waals surface area contributed by atoms with E-state index in [0.717, 1.165) is 16.5 Å². The number of halogens is 1. The fourth-order valence-corrected chi connectivity index (χ4v) is 3.07. The first kappa shape index (κ1) is 15.0. The lowest BCUT2D eigenvalue weighted by Gasteiger charge is -2.13. The second-order valence-corrected chi connectivity index (χ2v) is 6.18. The van der Waals surface area contributed by atoms with Crippen LogP contribution in [0.3, 0.4) is 0 Å². The van der Waals surface area contributed by atoms with Crippen LogP contribution in [0.4, 0.5) is 4.39 Å². The van der Waals surface area contributed by atoms with Crippen LogP contribution in [-0.2, 0) is 17.8 Å². The molecular weight excluding hydrogens is 303 g/mol. The zero-order valence-electron chi connectivity index (χ0n) is 12.1. The van der Waals surface area contributed by atoms with Crippen LogP contribution in [0.15, 0.2) is 35.7 Å². The van der Waals surface area contributed by atoms with Crippen molar-refractivity contribution in [2.45, 2.75) is 25.6 Å². The van der Waals surface area contributed by atoms with Gasteiger partial charge in [-0.1, -0.05) is 18.2 Å². The molecule has 3 rings (SSSR count). The van der Waals surface area contributed by atoms with Gasteiger partial charge >= 0.3 is 0 Å². The second kappa shape index (κ2) is 6.87. The molecule has 1 aliphatic rings. The van der Waals surface area contributed by atoms with E-state index in [1.807, 2.05) is 35.7 Å². The highest BCUT2D eigenvalue weighted by Crippen LogP contribution is 2.17. The average Bonchev–Trinajstić information content (AvgIpc) is 3.15. The van der Waals surface area contributed by atoms with Crippen molar-refractivity contribution in [3.63, 3.8) is 0 Å². The van der Waals surface area contributed by atoms with Gasteiger partial charge in [-0.25, -0.2) is 9.37 Å². The molecule has 0 aliphatic carbocycles. The topological polar surface area (TPSA) is 42.4 Å². The fourth-order valence-electron chi connectivity index (χ4n) is 2.37. The molecule has 0 bridgehead atoms. The highest BCUT2D eigenvalue weighted by Gasteiger charge is 2.26. The van der Waals surface area contributed by atoms with E-state index in [9.17, 15) is 9.18 Å². The lowest BCUT2D eigenvalue weighted by Crippen LogP contribution is -2.30. The fraction of sp³-hybridized carbons (Fsp3) is 0.375. The number of alkyl halides is 1. The number of thiazole rings is 1. The van der Waals surface area contributed by atoms with Gasteiger partial charge in [-0.2, -0.15) is 0 Å². The number of nitrogens with zero attached hydrogens (tertiary/aromatic N) is 2. The maximum absolute atomic E-state index is 13.1. The lowest BCUT2D eigenvalue weighted by molar-refractivity contribution is -0.129.